The normalized spacial score (nSPS) is 13.2. The third-order valence-electron chi connectivity index (χ3n) is 1.68. The van der Waals surface area contributed by atoms with Gasteiger partial charge in [0.15, 0.2) is 0 Å². The van der Waals surface area contributed by atoms with Crippen molar-refractivity contribution in [3.63, 3.8) is 0 Å². The number of thiol groups is 1. The summed E-state index contributed by atoms with van der Waals surface area (Å²) in [4.78, 5) is 2.34. The first kappa shape index (κ1) is 12.1. The van der Waals surface area contributed by atoms with Crippen LogP contribution < -0.4 is 0 Å². The molecule has 0 unspecified atom stereocenters. The van der Waals surface area contributed by atoms with Gasteiger partial charge >= 0.3 is 0 Å². The van der Waals surface area contributed by atoms with E-state index in [9.17, 15) is 0 Å². The van der Waals surface area contributed by atoms with Gasteiger partial charge in [-0.15, -0.1) is 0 Å². The van der Waals surface area contributed by atoms with Gasteiger partial charge in [0.05, 0.1) is 0 Å². The maximum absolute atomic E-state index is 7.18. The standard InChI is InChI=1S/C9H15N.CHNS/c1-2-3-7-10-8-5-4-6-9-10;2-1-3/h4-6,8H,2-3,7,9H2,1H3;3H. The summed E-state index contributed by atoms with van der Waals surface area (Å²) in [7, 11) is 0. The number of thiocyanates is 1. The van der Waals surface area contributed by atoms with Crippen LogP contribution in [0.5, 0.6) is 0 Å². The van der Waals surface area contributed by atoms with Crippen LogP contribution in [0.4, 0.5) is 0 Å². The molecule has 1 rings (SSSR count). The summed E-state index contributed by atoms with van der Waals surface area (Å²) in [6.45, 7) is 4.53. The number of nitrogens with zero attached hydrogens (tertiary/aromatic N) is 2. The first-order valence-corrected chi connectivity index (χ1v) is 4.90. The van der Waals surface area contributed by atoms with Crippen molar-refractivity contribution in [2.24, 2.45) is 0 Å². The molecule has 13 heavy (non-hydrogen) atoms. The Balaban J connectivity index is 0.000000424. The number of unbranched alkanes of at least 4 members (excludes halogenated alkanes) is 1. The van der Waals surface area contributed by atoms with E-state index in [0.717, 1.165) is 6.54 Å². The van der Waals surface area contributed by atoms with E-state index in [2.05, 4.69) is 48.9 Å². The van der Waals surface area contributed by atoms with Crippen molar-refractivity contribution < 1.29 is 0 Å². The zero-order valence-electron chi connectivity index (χ0n) is 7.98. The van der Waals surface area contributed by atoms with Crippen LogP contribution in [0.15, 0.2) is 24.4 Å². The summed E-state index contributed by atoms with van der Waals surface area (Å²) in [5, 5.41) is 8.63. The molecule has 3 heteroatoms. The highest BCUT2D eigenvalue weighted by atomic mass is 32.1. The Labute approximate surface area is 86.0 Å². The van der Waals surface area contributed by atoms with Gasteiger partial charge in [-0.3, -0.25) is 0 Å². The number of allylic oxidation sites excluding steroid dienone is 2. The van der Waals surface area contributed by atoms with Gasteiger partial charge in [0.25, 0.3) is 0 Å². The maximum Gasteiger partial charge on any atom is 0.130 e. The minimum Gasteiger partial charge on any atom is -0.374 e. The van der Waals surface area contributed by atoms with Gasteiger partial charge in [-0.25, -0.2) is 0 Å². The van der Waals surface area contributed by atoms with Crippen molar-refractivity contribution >= 4 is 12.6 Å². The van der Waals surface area contributed by atoms with Crippen molar-refractivity contribution in [2.75, 3.05) is 13.1 Å². The maximum atomic E-state index is 7.18. The van der Waals surface area contributed by atoms with Crippen LogP contribution in [0.3, 0.4) is 0 Å². The second kappa shape index (κ2) is 9.21. The fraction of sp³-hybridized carbons (Fsp3) is 0.500. The first-order chi connectivity index (χ1) is 6.35. The van der Waals surface area contributed by atoms with Crippen LogP contribution in [-0.4, -0.2) is 18.0 Å². The predicted octanol–water partition coefficient (Wildman–Crippen LogP) is 2.57. The second-order valence-electron chi connectivity index (χ2n) is 2.72. The Hall–Kier alpha value is -0.880. The summed E-state index contributed by atoms with van der Waals surface area (Å²) >= 11 is 3.09. The van der Waals surface area contributed by atoms with Crippen LogP contribution in [0, 0.1) is 10.7 Å². The Morgan fingerprint density at radius 3 is 2.69 bits per heavy atom. The summed E-state index contributed by atoms with van der Waals surface area (Å²) in [6, 6.07) is 0. The Kier molecular flexibility index (Phi) is 8.59. The van der Waals surface area contributed by atoms with Gasteiger partial charge in [0, 0.05) is 13.1 Å². The average Bonchev–Trinajstić information content (AvgIpc) is 2.18. The largest absolute Gasteiger partial charge is 0.374 e. The van der Waals surface area contributed by atoms with Crippen molar-refractivity contribution in [3.05, 3.63) is 24.4 Å². The molecular formula is C10H16N2S. The number of hydrogen-bond acceptors (Lipinski definition) is 3. The van der Waals surface area contributed by atoms with E-state index >= 15 is 0 Å². The fourth-order valence-electron chi connectivity index (χ4n) is 1.03. The van der Waals surface area contributed by atoms with Gasteiger partial charge in [0.1, 0.15) is 5.40 Å². The molecule has 0 atom stereocenters. The number of nitriles is 1. The van der Waals surface area contributed by atoms with Crippen LogP contribution in [0.2, 0.25) is 0 Å². The highest BCUT2D eigenvalue weighted by Crippen LogP contribution is 2.00. The molecule has 0 saturated heterocycles. The van der Waals surface area contributed by atoms with E-state index in [0.29, 0.717) is 0 Å². The van der Waals surface area contributed by atoms with E-state index < -0.39 is 0 Å². The molecule has 0 aromatic carbocycles. The van der Waals surface area contributed by atoms with Crippen LogP contribution >= 0.6 is 12.6 Å². The van der Waals surface area contributed by atoms with Crippen molar-refractivity contribution in [3.8, 4) is 5.40 Å². The molecule has 0 N–H and O–H groups in total. The highest BCUT2D eigenvalue weighted by molar-refractivity contribution is 7.85. The molecule has 0 aromatic rings. The zero-order valence-corrected chi connectivity index (χ0v) is 8.87. The Bertz CT molecular complexity index is 203. The van der Waals surface area contributed by atoms with Crippen molar-refractivity contribution in [1.82, 2.24) is 4.90 Å². The van der Waals surface area contributed by atoms with E-state index in [-0.39, 0.29) is 0 Å². The molecule has 0 fully saturated rings. The van der Waals surface area contributed by atoms with Crippen LogP contribution in [-0.2, 0) is 0 Å². The van der Waals surface area contributed by atoms with E-state index in [1.54, 1.807) is 0 Å². The molecule has 0 spiro atoms. The lowest BCUT2D eigenvalue weighted by Gasteiger charge is -2.19. The Morgan fingerprint density at radius 2 is 2.23 bits per heavy atom. The molecule has 0 aliphatic carbocycles. The topological polar surface area (TPSA) is 27.0 Å². The Morgan fingerprint density at radius 1 is 1.54 bits per heavy atom. The van der Waals surface area contributed by atoms with Gasteiger partial charge < -0.3 is 4.90 Å². The number of rotatable bonds is 3. The fourth-order valence-corrected chi connectivity index (χ4v) is 1.03. The molecule has 1 aliphatic heterocycles. The lowest BCUT2D eigenvalue weighted by Crippen LogP contribution is -2.19. The quantitative estimate of drug-likeness (QED) is 0.555. The van der Waals surface area contributed by atoms with Gasteiger partial charge in [-0.1, -0.05) is 38.1 Å². The summed E-state index contributed by atoms with van der Waals surface area (Å²) in [5.41, 5.74) is 0. The predicted molar refractivity (Wildman–Crippen MR) is 59.4 cm³/mol. The SMILES string of the molecule is CCCCN1C=CC=CC1.N#CS. The molecule has 2 nitrogen and oxygen atoms in total. The minimum atomic E-state index is 1.09. The molecule has 1 heterocycles. The van der Waals surface area contributed by atoms with Crippen molar-refractivity contribution in [2.45, 2.75) is 19.8 Å². The van der Waals surface area contributed by atoms with E-state index in [1.165, 1.54) is 24.8 Å². The second-order valence-corrected chi connectivity index (χ2v) is 2.92. The molecule has 0 aromatic heterocycles. The molecule has 1 aliphatic rings. The summed E-state index contributed by atoms with van der Waals surface area (Å²) in [5.74, 6) is 0. The van der Waals surface area contributed by atoms with Crippen LogP contribution in [0.1, 0.15) is 19.8 Å². The average molecular weight is 196 g/mol. The van der Waals surface area contributed by atoms with Gasteiger partial charge in [-0.2, -0.15) is 5.26 Å². The molecule has 0 bridgehead atoms. The van der Waals surface area contributed by atoms with E-state index in [4.69, 9.17) is 5.26 Å². The monoisotopic (exact) mass is 196 g/mol. The molecule has 72 valence electrons. The summed E-state index contributed by atoms with van der Waals surface area (Å²) < 4.78 is 0. The van der Waals surface area contributed by atoms with Crippen LogP contribution in [0.25, 0.3) is 0 Å². The lowest BCUT2D eigenvalue weighted by atomic mass is 10.3. The third kappa shape index (κ3) is 7.48. The molecule has 0 amide bonds. The van der Waals surface area contributed by atoms with Crippen molar-refractivity contribution in [1.29, 1.82) is 5.26 Å². The highest BCUT2D eigenvalue weighted by Gasteiger charge is 1.96. The molecule has 0 radical (unpaired) electrons. The lowest BCUT2D eigenvalue weighted by molar-refractivity contribution is 0.401. The van der Waals surface area contributed by atoms with E-state index in [1.807, 2.05) is 0 Å². The number of hydrogen-bond donors (Lipinski definition) is 1. The summed E-state index contributed by atoms with van der Waals surface area (Å²) in [6.07, 6.45) is 11.1. The molecular weight excluding hydrogens is 180 g/mol. The zero-order chi connectivity index (χ0) is 9.94. The van der Waals surface area contributed by atoms with Gasteiger partial charge in [-0.05, 0) is 18.7 Å². The van der Waals surface area contributed by atoms with Gasteiger partial charge in [0.2, 0.25) is 0 Å². The molecule has 0 saturated carbocycles. The minimum absolute atomic E-state index is 1.09. The first-order valence-electron chi connectivity index (χ1n) is 4.45. The third-order valence-corrected chi connectivity index (χ3v) is 1.68. The smallest absolute Gasteiger partial charge is 0.130 e.